The largest absolute Gasteiger partial charge is 0.496 e. The minimum atomic E-state index is -3.84. The van der Waals surface area contributed by atoms with Gasteiger partial charge in [0.15, 0.2) is 0 Å². The summed E-state index contributed by atoms with van der Waals surface area (Å²) in [5, 5.41) is 3.84. The summed E-state index contributed by atoms with van der Waals surface area (Å²) in [5.74, 6) is 1.22. The number of benzene rings is 1. The van der Waals surface area contributed by atoms with Crippen LogP contribution < -0.4 is 4.74 Å². The average molecular weight is 317 g/mol. The molecule has 0 radical (unpaired) electrons. The third-order valence-electron chi connectivity index (χ3n) is 2.63. The Balaban J connectivity index is 2.58. The molecule has 0 N–H and O–H groups in total. The van der Waals surface area contributed by atoms with Crippen LogP contribution in [-0.2, 0) is 9.05 Å². The van der Waals surface area contributed by atoms with Gasteiger partial charge in [0.2, 0.25) is 11.7 Å². The fraction of sp³-hybridized carbons (Fsp3) is 0.333. The predicted molar refractivity (Wildman–Crippen MR) is 73.4 cm³/mol. The number of ether oxygens (including phenoxy) is 1. The van der Waals surface area contributed by atoms with Crippen LogP contribution in [0.25, 0.3) is 11.4 Å². The number of methoxy groups -OCH3 is 1. The van der Waals surface area contributed by atoms with Crippen molar-refractivity contribution in [2.45, 2.75) is 24.7 Å². The third-order valence-corrected chi connectivity index (χ3v) is 3.98. The summed E-state index contributed by atoms with van der Waals surface area (Å²) in [5.41, 5.74) is 0.407. The highest BCUT2D eigenvalue weighted by atomic mass is 35.7. The van der Waals surface area contributed by atoms with Crippen LogP contribution in [0.15, 0.2) is 27.6 Å². The molecule has 0 atom stereocenters. The molecular weight excluding hydrogens is 304 g/mol. The minimum Gasteiger partial charge on any atom is -0.496 e. The van der Waals surface area contributed by atoms with E-state index in [-0.39, 0.29) is 16.6 Å². The number of hydrogen-bond donors (Lipinski definition) is 0. The van der Waals surface area contributed by atoms with E-state index in [2.05, 4.69) is 10.1 Å². The monoisotopic (exact) mass is 316 g/mol. The van der Waals surface area contributed by atoms with Crippen LogP contribution in [-0.4, -0.2) is 25.7 Å². The second-order valence-electron chi connectivity index (χ2n) is 4.41. The molecule has 0 spiro atoms. The van der Waals surface area contributed by atoms with Crippen molar-refractivity contribution in [1.29, 1.82) is 0 Å². The topological polar surface area (TPSA) is 82.3 Å². The van der Waals surface area contributed by atoms with E-state index in [1.165, 1.54) is 25.3 Å². The van der Waals surface area contributed by atoms with Crippen LogP contribution in [0.1, 0.15) is 25.7 Å². The fourth-order valence-electron chi connectivity index (χ4n) is 1.59. The second kappa shape index (κ2) is 5.41. The summed E-state index contributed by atoms with van der Waals surface area (Å²) in [6, 6.07) is 4.21. The van der Waals surface area contributed by atoms with Crippen molar-refractivity contribution < 1.29 is 17.7 Å². The Hall–Kier alpha value is -1.60. The molecule has 1 aromatic heterocycles. The standard InChI is InChI=1S/C12H13ClN2O4S/c1-7(2)12-14-11(15-19-12)9-6-8(20(13,16)17)4-5-10(9)18-3/h4-7H,1-3H3. The molecule has 0 unspecified atom stereocenters. The lowest BCUT2D eigenvalue weighted by Gasteiger charge is -2.06. The predicted octanol–water partition coefficient (Wildman–Crippen LogP) is 2.80. The highest BCUT2D eigenvalue weighted by Gasteiger charge is 2.19. The SMILES string of the molecule is COc1ccc(S(=O)(=O)Cl)cc1-c1noc(C(C)C)n1. The number of rotatable bonds is 4. The first-order valence-corrected chi connectivity index (χ1v) is 8.10. The zero-order chi connectivity index (χ0) is 14.9. The first-order chi connectivity index (χ1) is 9.32. The molecule has 0 amide bonds. The number of aromatic nitrogens is 2. The van der Waals surface area contributed by atoms with Crippen molar-refractivity contribution in [1.82, 2.24) is 10.1 Å². The minimum absolute atomic E-state index is 0.0501. The maximum atomic E-state index is 11.4. The van der Waals surface area contributed by atoms with Gasteiger partial charge in [-0.3, -0.25) is 0 Å². The molecule has 1 heterocycles. The summed E-state index contributed by atoms with van der Waals surface area (Å²) < 4.78 is 33.1. The maximum Gasteiger partial charge on any atom is 0.261 e. The molecule has 1 aromatic carbocycles. The summed E-state index contributed by atoms with van der Waals surface area (Å²) in [4.78, 5) is 4.17. The molecule has 2 aromatic rings. The fourth-order valence-corrected chi connectivity index (χ4v) is 2.37. The lowest BCUT2D eigenvalue weighted by molar-refractivity contribution is 0.365. The van der Waals surface area contributed by atoms with Crippen molar-refractivity contribution in [3.05, 3.63) is 24.1 Å². The number of halogens is 1. The summed E-state index contributed by atoms with van der Waals surface area (Å²) in [6.07, 6.45) is 0. The van der Waals surface area contributed by atoms with Gasteiger partial charge in [-0.1, -0.05) is 19.0 Å². The van der Waals surface area contributed by atoms with E-state index in [1.54, 1.807) is 0 Å². The van der Waals surface area contributed by atoms with Gasteiger partial charge in [-0.05, 0) is 18.2 Å². The maximum absolute atomic E-state index is 11.4. The lowest BCUT2D eigenvalue weighted by atomic mass is 10.2. The molecular formula is C12H13ClN2O4S. The van der Waals surface area contributed by atoms with E-state index in [0.717, 1.165) is 0 Å². The smallest absolute Gasteiger partial charge is 0.261 e. The molecule has 0 fully saturated rings. The molecule has 0 saturated heterocycles. The van der Waals surface area contributed by atoms with Gasteiger partial charge in [0.1, 0.15) is 5.75 Å². The quantitative estimate of drug-likeness (QED) is 0.807. The van der Waals surface area contributed by atoms with Gasteiger partial charge in [-0.2, -0.15) is 4.98 Å². The van der Waals surface area contributed by atoms with Gasteiger partial charge in [-0.25, -0.2) is 8.42 Å². The Labute approximate surface area is 121 Å². The zero-order valence-corrected chi connectivity index (χ0v) is 12.7. The zero-order valence-electron chi connectivity index (χ0n) is 11.1. The van der Waals surface area contributed by atoms with Crippen molar-refractivity contribution in [3.63, 3.8) is 0 Å². The van der Waals surface area contributed by atoms with Gasteiger partial charge in [0.05, 0.1) is 17.6 Å². The summed E-state index contributed by atoms with van der Waals surface area (Å²) >= 11 is 0. The molecule has 0 aliphatic carbocycles. The van der Waals surface area contributed by atoms with Crippen molar-refractivity contribution in [2.24, 2.45) is 0 Å². The molecule has 8 heteroatoms. The Bertz CT molecular complexity index is 725. The van der Waals surface area contributed by atoms with Crippen LogP contribution in [0.2, 0.25) is 0 Å². The molecule has 108 valence electrons. The molecule has 0 aliphatic heterocycles. The first-order valence-electron chi connectivity index (χ1n) is 5.79. The molecule has 2 rings (SSSR count). The molecule has 20 heavy (non-hydrogen) atoms. The molecule has 6 nitrogen and oxygen atoms in total. The van der Waals surface area contributed by atoms with Crippen LogP contribution in [0, 0.1) is 0 Å². The van der Waals surface area contributed by atoms with Crippen LogP contribution >= 0.6 is 10.7 Å². The molecule has 0 saturated carbocycles. The van der Waals surface area contributed by atoms with Crippen molar-refractivity contribution in [3.8, 4) is 17.1 Å². The van der Waals surface area contributed by atoms with Gasteiger partial charge < -0.3 is 9.26 Å². The number of nitrogens with zero attached hydrogens (tertiary/aromatic N) is 2. The van der Waals surface area contributed by atoms with Gasteiger partial charge in [0, 0.05) is 16.6 Å². The van der Waals surface area contributed by atoms with Gasteiger partial charge >= 0.3 is 0 Å². The van der Waals surface area contributed by atoms with Crippen molar-refractivity contribution >= 4 is 19.7 Å². The lowest BCUT2D eigenvalue weighted by Crippen LogP contribution is -1.95. The second-order valence-corrected chi connectivity index (χ2v) is 6.98. The third kappa shape index (κ3) is 2.94. The van der Waals surface area contributed by atoms with E-state index >= 15 is 0 Å². The van der Waals surface area contributed by atoms with E-state index in [0.29, 0.717) is 17.2 Å². The van der Waals surface area contributed by atoms with Gasteiger partial charge in [0.25, 0.3) is 9.05 Å². The van der Waals surface area contributed by atoms with Gasteiger partial charge in [-0.15, -0.1) is 0 Å². The highest BCUT2D eigenvalue weighted by molar-refractivity contribution is 8.13. The normalized spacial score (nSPS) is 11.8. The number of hydrogen-bond acceptors (Lipinski definition) is 6. The van der Waals surface area contributed by atoms with Crippen LogP contribution in [0.4, 0.5) is 0 Å². The van der Waals surface area contributed by atoms with Crippen LogP contribution in [0.5, 0.6) is 5.75 Å². The highest BCUT2D eigenvalue weighted by Crippen LogP contribution is 2.32. The Morgan fingerprint density at radius 2 is 2.05 bits per heavy atom. The first kappa shape index (κ1) is 14.8. The van der Waals surface area contributed by atoms with Crippen LogP contribution in [0.3, 0.4) is 0 Å². The summed E-state index contributed by atoms with van der Waals surface area (Å²) in [6.45, 7) is 3.82. The Kier molecular flexibility index (Phi) is 4.01. The van der Waals surface area contributed by atoms with E-state index in [9.17, 15) is 8.42 Å². The Morgan fingerprint density at radius 3 is 2.55 bits per heavy atom. The van der Waals surface area contributed by atoms with E-state index in [1.807, 2.05) is 13.8 Å². The van der Waals surface area contributed by atoms with Crippen molar-refractivity contribution in [2.75, 3.05) is 7.11 Å². The average Bonchev–Trinajstić information content (AvgIpc) is 2.86. The molecule has 0 aliphatic rings. The summed E-state index contributed by atoms with van der Waals surface area (Å²) in [7, 11) is 2.97. The molecule has 0 bridgehead atoms. The van der Waals surface area contributed by atoms with E-state index in [4.69, 9.17) is 19.9 Å². The van der Waals surface area contributed by atoms with E-state index < -0.39 is 9.05 Å². The Morgan fingerprint density at radius 1 is 1.35 bits per heavy atom.